The van der Waals surface area contributed by atoms with Crippen molar-refractivity contribution in [2.24, 2.45) is 0 Å². The molecule has 0 saturated carbocycles. The molecular weight excluding hydrogens is 349 g/mol. The predicted octanol–water partition coefficient (Wildman–Crippen LogP) is 2.51. The number of aliphatic hydroxyl groups is 1. The third-order valence-corrected chi connectivity index (χ3v) is 5.96. The highest BCUT2D eigenvalue weighted by Gasteiger charge is 2.32. The first-order valence-corrected chi connectivity index (χ1v) is 8.63. The predicted molar refractivity (Wildman–Crippen MR) is 77.3 cm³/mol. The van der Waals surface area contributed by atoms with Gasteiger partial charge in [0.15, 0.2) is 0 Å². The summed E-state index contributed by atoms with van der Waals surface area (Å²) in [5.74, 6) is -0.768. The molecule has 112 valence electrons. The van der Waals surface area contributed by atoms with Gasteiger partial charge in [-0.25, -0.2) is 12.8 Å². The molecule has 1 aromatic carbocycles. The van der Waals surface area contributed by atoms with Crippen LogP contribution < -0.4 is 0 Å². The Bertz CT molecular complexity index is 604. The molecule has 1 atom stereocenters. The molecule has 1 fully saturated rings. The van der Waals surface area contributed by atoms with Crippen LogP contribution in [0, 0.1) is 5.82 Å². The fourth-order valence-corrected chi connectivity index (χ4v) is 4.16. The zero-order chi connectivity index (χ0) is 15.0. The summed E-state index contributed by atoms with van der Waals surface area (Å²) in [6, 6.07) is 3.91. The van der Waals surface area contributed by atoms with Gasteiger partial charge in [0.25, 0.3) is 0 Å². The third-order valence-electron chi connectivity index (χ3n) is 3.53. The molecule has 0 radical (unpaired) electrons. The lowest BCUT2D eigenvalue weighted by Crippen LogP contribution is -2.34. The van der Waals surface area contributed by atoms with E-state index in [1.54, 1.807) is 6.92 Å². The molecule has 20 heavy (non-hydrogen) atoms. The van der Waals surface area contributed by atoms with Gasteiger partial charge in [-0.2, -0.15) is 4.31 Å². The van der Waals surface area contributed by atoms with E-state index in [2.05, 4.69) is 15.9 Å². The quantitative estimate of drug-likeness (QED) is 0.875. The molecule has 1 saturated heterocycles. The van der Waals surface area contributed by atoms with Crippen molar-refractivity contribution in [1.82, 2.24) is 4.31 Å². The van der Waals surface area contributed by atoms with Crippen molar-refractivity contribution in [3.63, 3.8) is 0 Å². The van der Waals surface area contributed by atoms with E-state index < -0.39 is 21.4 Å². The maximum Gasteiger partial charge on any atom is 0.245 e. The van der Waals surface area contributed by atoms with Crippen LogP contribution in [-0.2, 0) is 10.0 Å². The summed E-state index contributed by atoms with van der Waals surface area (Å²) in [6.45, 7) is 2.20. The Morgan fingerprint density at radius 1 is 1.35 bits per heavy atom. The maximum atomic E-state index is 13.9. The number of hydrogen-bond acceptors (Lipinski definition) is 3. The van der Waals surface area contributed by atoms with Crippen molar-refractivity contribution >= 4 is 26.0 Å². The summed E-state index contributed by atoms with van der Waals surface area (Å²) < 4.78 is 40.6. The van der Waals surface area contributed by atoms with Crippen molar-refractivity contribution < 1.29 is 17.9 Å². The van der Waals surface area contributed by atoms with Crippen LogP contribution in [0.25, 0.3) is 0 Å². The molecule has 0 aliphatic carbocycles. The Kier molecular flexibility index (Phi) is 4.53. The topological polar surface area (TPSA) is 57.6 Å². The number of halogens is 2. The van der Waals surface area contributed by atoms with Gasteiger partial charge >= 0.3 is 0 Å². The normalized spacial score (nSPS) is 25.4. The Labute approximate surface area is 126 Å². The molecule has 2 rings (SSSR count). The van der Waals surface area contributed by atoms with E-state index in [9.17, 15) is 17.9 Å². The van der Waals surface area contributed by atoms with E-state index in [4.69, 9.17) is 0 Å². The van der Waals surface area contributed by atoms with Gasteiger partial charge in [0.05, 0.1) is 5.60 Å². The Morgan fingerprint density at radius 2 is 2.05 bits per heavy atom. The summed E-state index contributed by atoms with van der Waals surface area (Å²) in [4.78, 5) is -0.317. The largest absolute Gasteiger partial charge is 0.390 e. The zero-order valence-electron chi connectivity index (χ0n) is 11.1. The van der Waals surface area contributed by atoms with Gasteiger partial charge in [0.1, 0.15) is 10.7 Å². The minimum Gasteiger partial charge on any atom is -0.390 e. The fourth-order valence-electron chi connectivity index (χ4n) is 2.30. The average molecular weight is 366 g/mol. The van der Waals surface area contributed by atoms with Crippen LogP contribution in [0.1, 0.15) is 26.2 Å². The van der Waals surface area contributed by atoms with Crippen LogP contribution >= 0.6 is 15.9 Å². The number of rotatable bonds is 2. The second-order valence-electron chi connectivity index (χ2n) is 5.33. The van der Waals surface area contributed by atoms with Gasteiger partial charge in [-0.3, -0.25) is 0 Å². The van der Waals surface area contributed by atoms with Crippen LogP contribution in [-0.4, -0.2) is 36.5 Å². The molecule has 0 aromatic heterocycles. The molecule has 4 nitrogen and oxygen atoms in total. The van der Waals surface area contributed by atoms with Crippen LogP contribution in [0.2, 0.25) is 0 Å². The lowest BCUT2D eigenvalue weighted by molar-refractivity contribution is 0.0465. The summed E-state index contributed by atoms with van der Waals surface area (Å²) in [6.07, 6.45) is 1.45. The Hall–Kier alpha value is -0.500. The van der Waals surface area contributed by atoms with E-state index in [0.29, 0.717) is 30.3 Å². The first kappa shape index (κ1) is 15.9. The van der Waals surface area contributed by atoms with Crippen molar-refractivity contribution in [3.05, 3.63) is 28.5 Å². The van der Waals surface area contributed by atoms with E-state index in [1.165, 1.54) is 16.4 Å². The number of sulfonamides is 1. The molecule has 1 N–H and O–H groups in total. The SMILES string of the molecule is CC1(O)CCCN(S(=O)(=O)c2ccc(Br)cc2F)CC1. The highest BCUT2D eigenvalue weighted by molar-refractivity contribution is 9.10. The third kappa shape index (κ3) is 3.39. The molecule has 1 aromatic rings. The average Bonchev–Trinajstić information content (AvgIpc) is 2.50. The number of nitrogens with zero attached hydrogens (tertiary/aromatic N) is 1. The van der Waals surface area contributed by atoms with Gasteiger partial charge in [0.2, 0.25) is 10.0 Å². The first-order valence-electron chi connectivity index (χ1n) is 6.40. The molecule has 1 heterocycles. The van der Waals surface area contributed by atoms with Gasteiger partial charge in [-0.1, -0.05) is 15.9 Å². The lowest BCUT2D eigenvalue weighted by Gasteiger charge is -2.22. The maximum absolute atomic E-state index is 13.9. The van der Waals surface area contributed by atoms with E-state index in [-0.39, 0.29) is 11.4 Å². The van der Waals surface area contributed by atoms with Crippen LogP contribution in [0.3, 0.4) is 0 Å². The van der Waals surface area contributed by atoms with E-state index in [0.717, 1.165) is 6.07 Å². The number of hydrogen-bond donors (Lipinski definition) is 1. The zero-order valence-corrected chi connectivity index (χ0v) is 13.5. The molecule has 0 bridgehead atoms. The Balaban J connectivity index is 2.30. The van der Waals surface area contributed by atoms with Crippen molar-refractivity contribution in [1.29, 1.82) is 0 Å². The minimum atomic E-state index is -3.86. The minimum absolute atomic E-state index is 0.199. The molecule has 0 spiro atoms. The monoisotopic (exact) mass is 365 g/mol. The molecule has 1 aliphatic rings. The second-order valence-corrected chi connectivity index (χ2v) is 8.15. The highest BCUT2D eigenvalue weighted by Crippen LogP contribution is 2.27. The molecule has 7 heteroatoms. The second kappa shape index (κ2) is 5.71. The van der Waals surface area contributed by atoms with Crippen molar-refractivity contribution in [3.8, 4) is 0 Å². The summed E-state index contributed by atoms with van der Waals surface area (Å²) in [7, 11) is -3.86. The molecule has 0 amide bonds. The van der Waals surface area contributed by atoms with Crippen LogP contribution in [0.15, 0.2) is 27.6 Å². The van der Waals surface area contributed by atoms with Gasteiger partial charge < -0.3 is 5.11 Å². The summed E-state index contributed by atoms with van der Waals surface area (Å²) in [5, 5.41) is 10.00. The van der Waals surface area contributed by atoms with Crippen LogP contribution in [0.5, 0.6) is 0 Å². The molecular formula is C13H17BrFNO3S. The van der Waals surface area contributed by atoms with E-state index >= 15 is 0 Å². The molecule has 1 aliphatic heterocycles. The summed E-state index contributed by atoms with van der Waals surface area (Å²) in [5.41, 5.74) is -0.859. The Morgan fingerprint density at radius 3 is 2.70 bits per heavy atom. The lowest BCUT2D eigenvalue weighted by atomic mass is 9.98. The fraction of sp³-hybridized carbons (Fsp3) is 0.538. The smallest absolute Gasteiger partial charge is 0.245 e. The molecule has 1 unspecified atom stereocenters. The first-order chi connectivity index (χ1) is 9.22. The van der Waals surface area contributed by atoms with Crippen molar-refractivity contribution in [2.45, 2.75) is 36.7 Å². The van der Waals surface area contributed by atoms with Crippen LogP contribution in [0.4, 0.5) is 4.39 Å². The number of benzene rings is 1. The summed E-state index contributed by atoms with van der Waals surface area (Å²) >= 11 is 3.10. The standard InChI is InChI=1S/C13H17BrFNO3S/c1-13(17)5-2-7-16(8-6-13)20(18,19)12-4-3-10(14)9-11(12)15/h3-4,9,17H,2,5-8H2,1H3. The highest BCUT2D eigenvalue weighted by atomic mass is 79.9. The van der Waals surface area contributed by atoms with Gasteiger partial charge in [-0.05, 0) is 44.4 Å². The van der Waals surface area contributed by atoms with Crippen molar-refractivity contribution in [2.75, 3.05) is 13.1 Å². The van der Waals surface area contributed by atoms with Gasteiger partial charge in [-0.15, -0.1) is 0 Å². The van der Waals surface area contributed by atoms with Gasteiger partial charge in [0, 0.05) is 17.6 Å². The van der Waals surface area contributed by atoms with E-state index in [1.807, 2.05) is 0 Å².